The fraction of sp³-hybridized carbons (Fsp3) is 0.294. The van der Waals surface area contributed by atoms with Crippen LogP contribution in [0.4, 0.5) is 0 Å². The normalized spacial score (nSPS) is 11.6. The van der Waals surface area contributed by atoms with Gasteiger partial charge in [-0.25, -0.2) is 4.57 Å². The SMILES string of the molecule is Cc1ccc2c(oc3c(-c4ccc(CC(C)C)cc4)c(C#N)ccc32)c1-c1cc(CC(C)C)cc[n+]1C. The van der Waals surface area contributed by atoms with Crippen molar-refractivity contribution in [1.29, 1.82) is 5.26 Å². The Labute approximate surface area is 220 Å². The lowest BCUT2D eigenvalue weighted by molar-refractivity contribution is -0.660. The number of aromatic nitrogens is 1. The molecule has 0 atom stereocenters. The van der Waals surface area contributed by atoms with Crippen LogP contribution < -0.4 is 4.57 Å². The summed E-state index contributed by atoms with van der Waals surface area (Å²) in [4.78, 5) is 0. The summed E-state index contributed by atoms with van der Waals surface area (Å²) in [5.41, 5.74) is 10.2. The van der Waals surface area contributed by atoms with E-state index < -0.39 is 0 Å². The topological polar surface area (TPSA) is 40.8 Å². The molecule has 3 aromatic carbocycles. The number of nitriles is 1. The van der Waals surface area contributed by atoms with Gasteiger partial charge in [-0.05, 0) is 66.0 Å². The van der Waals surface area contributed by atoms with Gasteiger partial charge in [0, 0.05) is 28.5 Å². The molecule has 0 fully saturated rings. The molecule has 2 heterocycles. The first-order valence-electron chi connectivity index (χ1n) is 13.2. The van der Waals surface area contributed by atoms with Crippen molar-refractivity contribution in [1.82, 2.24) is 0 Å². The highest BCUT2D eigenvalue weighted by atomic mass is 16.3. The molecule has 0 aliphatic heterocycles. The average Bonchev–Trinajstić information content (AvgIpc) is 3.23. The third kappa shape index (κ3) is 4.65. The Morgan fingerprint density at radius 3 is 2.05 bits per heavy atom. The largest absolute Gasteiger partial charge is 0.454 e. The van der Waals surface area contributed by atoms with Gasteiger partial charge in [-0.1, -0.05) is 64.1 Å². The van der Waals surface area contributed by atoms with Gasteiger partial charge in [0.25, 0.3) is 0 Å². The Bertz CT molecular complexity index is 1650. The van der Waals surface area contributed by atoms with Crippen LogP contribution in [0.1, 0.15) is 49.9 Å². The van der Waals surface area contributed by atoms with Gasteiger partial charge in [0.15, 0.2) is 6.20 Å². The lowest BCUT2D eigenvalue weighted by Gasteiger charge is -2.09. The van der Waals surface area contributed by atoms with Crippen LogP contribution >= 0.6 is 0 Å². The summed E-state index contributed by atoms with van der Waals surface area (Å²) >= 11 is 0. The second-order valence-corrected chi connectivity index (χ2v) is 11.1. The average molecular weight is 488 g/mol. The zero-order valence-electron chi connectivity index (χ0n) is 22.7. The van der Waals surface area contributed by atoms with Crippen molar-refractivity contribution in [3.63, 3.8) is 0 Å². The van der Waals surface area contributed by atoms with E-state index in [-0.39, 0.29) is 0 Å². The highest BCUT2D eigenvalue weighted by Gasteiger charge is 2.23. The van der Waals surface area contributed by atoms with Crippen LogP contribution in [-0.2, 0) is 19.9 Å². The molecular weight excluding hydrogens is 452 g/mol. The molecule has 2 aromatic heterocycles. The van der Waals surface area contributed by atoms with E-state index in [1.54, 1.807) is 0 Å². The lowest BCUT2D eigenvalue weighted by atomic mass is 9.94. The number of furan rings is 1. The summed E-state index contributed by atoms with van der Waals surface area (Å²) in [6, 6.07) is 23.8. The second-order valence-electron chi connectivity index (χ2n) is 11.1. The minimum Gasteiger partial charge on any atom is -0.454 e. The number of hydrogen-bond acceptors (Lipinski definition) is 2. The highest BCUT2D eigenvalue weighted by Crippen LogP contribution is 2.42. The first kappa shape index (κ1) is 24.8. The fourth-order valence-electron chi connectivity index (χ4n) is 5.44. The molecule has 0 radical (unpaired) electrons. The summed E-state index contributed by atoms with van der Waals surface area (Å²) in [6.45, 7) is 11.1. The second kappa shape index (κ2) is 9.87. The van der Waals surface area contributed by atoms with E-state index in [4.69, 9.17) is 4.42 Å². The number of rotatable bonds is 6. The number of pyridine rings is 1. The Morgan fingerprint density at radius 1 is 0.784 bits per heavy atom. The minimum atomic E-state index is 0.586. The van der Waals surface area contributed by atoms with Crippen molar-refractivity contribution in [3.05, 3.63) is 89.1 Å². The van der Waals surface area contributed by atoms with Gasteiger partial charge < -0.3 is 4.42 Å². The minimum absolute atomic E-state index is 0.586. The third-order valence-corrected chi connectivity index (χ3v) is 7.14. The number of benzene rings is 3. The molecule has 3 nitrogen and oxygen atoms in total. The van der Waals surface area contributed by atoms with Crippen molar-refractivity contribution >= 4 is 21.9 Å². The van der Waals surface area contributed by atoms with E-state index in [0.29, 0.717) is 17.4 Å². The van der Waals surface area contributed by atoms with Crippen LogP contribution in [0.5, 0.6) is 0 Å². The van der Waals surface area contributed by atoms with Gasteiger partial charge in [0.05, 0.1) is 17.2 Å². The van der Waals surface area contributed by atoms with Crippen LogP contribution in [0.15, 0.2) is 71.3 Å². The molecule has 5 rings (SSSR count). The van der Waals surface area contributed by atoms with Crippen molar-refractivity contribution in [2.75, 3.05) is 0 Å². The molecule has 5 aromatic rings. The van der Waals surface area contributed by atoms with Gasteiger partial charge in [-0.15, -0.1) is 0 Å². The van der Waals surface area contributed by atoms with Crippen LogP contribution in [0.2, 0.25) is 0 Å². The molecule has 0 N–H and O–H groups in total. The molecule has 0 amide bonds. The molecular formula is C34H35N2O+. The third-order valence-electron chi connectivity index (χ3n) is 7.14. The van der Waals surface area contributed by atoms with E-state index in [0.717, 1.165) is 57.2 Å². The summed E-state index contributed by atoms with van der Waals surface area (Å²) in [7, 11) is 2.09. The molecule has 0 saturated carbocycles. The summed E-state index contributed by atoms with van der Waals surface area (Å²) in [5, 5.41) is 12.1. The zero-order valence-corrected chi connectivity index (χ0v) is 22.7. The Balaban J connectivity index is 1.76. The number of aryl methyl sites for hydroxylation is 2. The first-order valence-corrected chi connectivity index (χ1v) is 13.2. The standard InChI is InChI=1S/C34H35N2O/c1-21(2)17-24-8-10-26(11-9-24)32-27(20-35)12-14-29-28-13-7-23(5)31(33(28)37-34(29)32)30-19-25(18-22(3)4)15-16-36(30)6/h7-16,19,21-22H,17-18H2,1-6H3/q+1. The molecule has 0 spiro atoms. The molecule has 0 saturated heterocycles. The van der Waals surface area contributed by atoms with Crippen LogP contribution in [0, 0.1) is 30.1 Å². The quantitative estimate of drug-likeness (QED) is 0.226. The molecule has 3 heteroatoms. The summed E-state index contributed by atoms with van der Waals surface area (Å²) in [6.07, 6.45) is 4.22. The number of fused-ring (bicyclic) bond motifs is 3. The smallest absolute Gasteiger partial charge is 0.216 e. The zero-order chi connectivity index (χ0) is 26.3. The monoisotopic (exact) mass is 487 g/mol. The Kier molecular flexibility index (Phi) is 6.61. The van der Waals surface area contributed by atoms with E-state index >= 15 is 0 Å². The summed E-state index contributed by atoms with van der Waals surface area (Å²) < 4.78 is 8.93. The van der Waals surface area contributed by atoms with Gasteiger partial charge in [0.2, 0.25) is 5.69 Å². The van der Waals surface area contributed by atoms with E-state index in [2.05, 4.69) is 107 Å². The molecule has 0 unspecified atom stereocenters. The van der Waals surface area contributed by atoms with Crippen LogP contribution in [0.3, 0.4) is 0 Å². The maximum Gasteiger partial charge on any atom is 0.216 e. The van der Waals surface area contributed by atoms with Crippen LogP contribution in [0.25, 0.3) is 44.3 Å². The van der Waals surface area contributed by atoms with Gasteiger partial charge in [0.1, 0.15) is 18.2 Å². The number of nitrogens with zero attached hydrogens (tertiary/aromatic N) is 2. The Morgan fingerprint density at radius 2 is 1.41 bits per heavy atom. The number of hydrogen-bond donors (Lipinski definition) is 0. The Hall–Kier alpha value is -3.90. The van der Waals surface area contributed by atoms with E-state index in [1.165, 1.54) is 16.7 Å². The van der Waals surface area contributed by atoms with Crippen molar-refractivity contribution in [2.24, 2.45) is 18.9 Å². The highest BCUT2D eigenvalue weighted by molar-refractivity contribution is 6.14. The first-order chi connectivity index (χ1) is 17.8. The van der Waals surface area contributed by atoms with Crippen LogP contribution in [-0.4, -0.2) is 0 Å². The predicted octanol–water partition coefficient (Wildman–Crippen LogP) is 8.32. The fourth-order valence-corrected chi connectivity index (χ4v) is 5.44. The van der Waals surface area contributed by atoms with Gasteiger partial charge in [-0.3, -0.25) is 0 Å². The molecule has 0 aliphatic carbocycles. The maximum atomic E-state index is 10.0. The van der Waals surface area contributed by atoms with Crippen molar-refractivity contribution < 1.29 is 8.98 Å². The summed E-state index contributed by atoms with van der Waals surface area (Å²) in [5.74, 6) is 1.18. The van der Waals surface area contributed by atoms with Gasteiger partial charge in [-0.2, -0.15) is 5.26 Å². The molecule has 37 heavy (non-hydrogen) atoms. The van der Waals surface area contributed by atoms with E-state index in [9.17, 15) is 5.26 Å². The van der Waals surface area contributed by atoms with Gasteiger partial charge >= 0.3 is 0 Å². The van der Waals surface area contributed by atoms with Crippen molar-refractivity contribution in [2.45, 2.75) is 47.5 Å². The van der Waals surface area contributed by atoms with Crippen molar-refractivity contribution in [3.8, 4) is 28.5 Å². The molecule has 0 aliphatic rings. The molecule has 0 bridgehead atoms. The lowest BCUT2D eigenvalue weighted by Crippen LogP contribution is -2.31. The predicted molar refractivity (Wildman–Crippen MR) is 152 cm³/mol. The van der Waals surface area contributed by atoms with E-state index in [1.807, 2.05) is 12.1 Å². The maximum absolute atomic E-state index is 10.0. The molecule has 186 valence electrons.